The van der Waals surface area contributed by atoms with Crippen molar-refractivity contribution in [2.24, 2.45) is 5.73 Å². The third kappa shape index (κ3) is 6.06. The zero-order valence-corrected chi connectivity index (χ0v) is 22.0. The van der Waals surface area contributed by atoms with Crippen LogP contribution in [0, 0.1) is 11.6 Å². The van der Waals surface area contributed by atoms with Crippen LogP contribution in [0.3, 0.4) is 0 Å². The van der Waals surface area contributed by atoms with Crippen LogP contribution in [0.15, 0.2) is 41.3 Å². The molecule has 1 saturated carbocycles. The van der Waals surface area contributed by atoms with Crippen molar-refractivity contribution < 1.29 is 26.8 Å². The van der Waals surface area contributed by atoms with Gasteiger partial charge in [-0.1, -0.05) is 23.2 Å². The fraction of sp³-hybridized carbons (Fsp3) is 0.417. The van der Waals surface area contributed by atoms with Gasteiger partial charge in [-0.15, -0.1) is 0 Å². The van der Waals surface area contributed by atoms with E-state index in [1.54, 1.807) is 0 Å². The van der Waals surface area contributed by atoms with Gasteiger partial charge in [0.05, 0.1) is 14.9 Å². The Morgan fingerprint density at radius 3 is 2.22 bits per heavy atom. The smallest absolute Gasteiger partial charge is 0.259 e. The summed E-state index contributed by atoms with van der Waals surface area (Å²) < 4.78 is 56.0. The monoisotopic (exact) mass is 574 g/mol. The molecule has 0 spiro atoms. The topological polar surface area (TPSA) is 113 Å². The van der Waals surface area contributed by atoms with Gasteiger partial charge in [-0.25, -0.2) is 17.2 Å². The quantitative estimate of drug-likeness (QED) is 0.567. The Labute approximate surface area is 223 Å². The first kappa shape index (κ1) is 27.7. The third-order valence-electron chi connectivity index (χ3n) is 6.57. The van der Waals surface area contributed by atoms with Gasteiger partial charge in [0, 0.05) is 36.8 Å². The lowest BCUT2D eigenvalue weighted by Crippen LogP contribution is -2.64. The van der Waals surface area contributed by atoms with E-state index in [1.807, 2.05) is 0 Å². The number of sulfonamides is 1. The summed E-state index contributed by atoms with van der Waals surface area (Å²) in [5.41, 5.74) is 5.61. The standard InChI is InChI=1S/C24H26Cl2F2N4O4S/c25-20-7-6-19(13-21(20)26)37(35,36)32-9-1-8-31(24(34)14-10-15(27)12-16(28)11-14)23(32)22(33)30-18-4-2-17(29)3-5-18/h6-7,10-13,17-18,23H,1-5,8-9,29H2,(H,30,33). The van der Waals surface area contributed by atoms with Gasteiger partial charge in [0.15, 0.2) is 6.17 Å². The highest BCUT2D eigenvalue weighted by Crippen LogP contribution is 2.30. The van der Waals surface area contributed by atoms with Gasteiger partial charge in [-0.2, -0.15) is 4.31 Å². The molecular weight excluding hydrogens is 549 g/mol. The molecule has 13 heteroatoms. The number of nitrogens with two attached hydrogens (primary N) is 1. The second-order valence-electron chi connectivity index (χ2n) is 9.20. The molecule has 1 aliphatic carbocycles. The molecule has 2 aromatic rings. The molecule has 0 bridgehead atoms. The molecule has 0 radical (unpaired) electrons. The number of rotatable bonds is 5. The van der Waals surface area contributed by atoms with Crippen LogP contribution in [0.1, 0.15) is 42.5 Å². The van der Waals surface area contributed by atoms with Gasteiger partial charge in [0.2, 0.25) is 10.0 Å². The average molecular weight is 575 g/mol. The first-order chi connectivity index (χ1) is 17.5. The van der Waals surface area contributed by atoms with Crippen molar-refractivity contribution in [2.45, 2.75) is 55.2 Å². The second-order valence-corrected chi connectivity index (χ2v) is 11.9. The predicted octanol–water partition coefficient (Wildman–Crippen LogP) is 3.52. The van der Waals surface area contributed by atoms with Crippen LogP contribution in [-0.4, -0.2) is 60.8 Å². The fourth-order valence-electron chi connectivity index (χ4n) is 4.69. The summed E-state index contributed by atoms with van der Waals surface area (Å²) in [6.45, 7) is -0.0739. The number of hydrogen-bond donors (Lipinski definition) is 2. The zero-order valence-electron chi connectivity index (χ0n) is 19.7. The zero-order chi connectivity index (χ0) is 26.9. The molecule has 1 unspecified atom stereocenters. The minimum Gasteiger partial charge on any atom is -0.350 e. The normalized spacial score (nSPS) is 23.1. The number of carbonyl (C=O) groups is 2. The number of carbonyl (C=O) groups excluding carboxylic acids is 2. The maximum Gasteiger partial charge on any atom is 0.259 e. The molecule has 8 nitrogen and oxygen atoms in total. The van der Waals surface area contributed by atoms with Crippen LogP contribution in [0.25, 0.3) is 0 Å². The fourth-order valence-corrected chi connectivity index (χ4v) is 6.67. The van der Waals surface area contributed by atoms with Crippen molar-refractivity contribution in [1.29, 1.82) is 0 Å². The second kappa shape index (κ2) is 11.2. The van der Waals surface area contributed by atoms with E-state index in [4.69, 9.17) is 28.9 Å². The van der Waals surface area contributed by atoms with E-state index in [2.05, 4.69) is 5.32 Å². The summed E-state index contributed by atoms with van der Waals surface area (Å²) in [4.78, 5) is 27.8. The summed E-state index contributed by atoms with van der Waals surface area (Å²) in [5.74, 6) is -3.53. The number of hydrogen-bond acceptors (Lipinski definition) is 5. The number of nitrogens with one attached hydrogen (secondary N) is 1. The van der Waals surface area contributed by atoms with Crippen LogP contribution in [0.4, 0.5) is 8.78 Å². The van der Waals surface area contributed by atoms with Crippen molar-refractivity contribution in [3.8, 4) is 0 Å². The summed E-state index contributed by atoms with van der Waals surface area (Å²) in [5, 5.41) is 3.00. The molecule has 2 aliphatic rings. The maximum absolute atomic E-state index is 13.9. The van der Waals surface area contributed by atoms with E-state index in [9.17, 15) is 26.8 Å². The summed E-state index contributed by atoms with van der Waals surface area (Å²) >= 11 is 12.0. The Kier molecular flexibility index (Phi) is 8.39. The van der Waals surface area contributed by atoms with Crippen LogP contribution < -0.4 is 11.1 Å². The van der Waals surface area contributed by atoms with Gasteiger partial charge in [-0.3, -0.25) is 9.59 Å². The number of halogens is 4. The molecule has 1 heterocycles. The summed E-state index contributed by atoms with van der Waals surface area (Å²) in [6.07, 6.45) is 1.16. The van der Waals surface area contributed by atoms with Gasteiger partial charge in [-0.05, 0) is 62.4 Å². The SMILES string of the molecule is NC1CCC(NC(=O)C2N(C(=O)c3cc(F)cc(F)c3)CCCN2S(=O)(=O)c2ccc(Cl)c(Cl)c2)CC1. The number of nitrogens with zero attached hydrogens (tertiary/aromatic N) is 2. The van der Waals surface area contributed by atoms with Crippen molar-refractivity contribution in [3.63, 3.8) is 0 Å². The average Bonchev–Trinajstić information content (AvgIpc) is 2.85. The molecule has 37 heavy (non-hydrogen) atoms. The highest BCUT2D eigenvalue weighted by molar-refractivity contribution is 7.89. The Morgan fingerprint density at radius 2 is 1.59 bits per heavy atom. The Hall–Kier alpha value is -2.31. The third-order valence-corrected chi connectivity index (χ3v) is 9.15. The number of amides is 2. The molecule has 1 aliphatic heterocycles. The van der Waals surface area contributed by atoms with E-state index in [-0.39, 0.29) is 52.1 Å². The highest BCUT2D eigenvalue weighted by atomic mass is 35.5. The minimum atomic E-state index is -4.34. The summed E-state index contributed by atoms with van der Waals surface area (Å²) in [6, 6.07) is 5.81. The van der Waals surface area contributed by atoms with E-state index in [0.29, 0.717) is 31.7 Å². The molecule has 4 rings (SSSR count). The van der Waals surface area contributed by atoms with E-state index in [0.717, 1.165) is 21.3 Å². The van der Waals surface area contributed by atoms with Crippen LogP contribution in [0.2, 0.25) is 10.0 Å². The van der Waals surface area contributed by atoms with Gasteiger partial charge in [0.25, 0.3) is 11.8 Å². The Balaban J connectivity index is 1.72. The lowest BCUT2D eigenvalue weighted by atomic mass is 9.92. The molecule has 200 valence electrons. The molecular formula is C24H26Cl2F2N4O4S. The Bertz CT molecular complexity index is 1290. The van der Waals surface area contributed by atoms with E-state index in [1.165, 1.54) is 18.2 Å². The molecule has 2 fully saturated rings. The van der Waals surface area contributed by atoms with Crippen molar-refractivity contribution in [3.05, 3.63) is 63.6 Å². The van der Waals surface area contributed by atoms with E-state index < -0.39 is 39.6 Å². The first-order valence-corrected chi connectivity index (χ1v) is 14.0. The molecule has 3 N–H and O–H groups in total. The molecule has 1 atom stereocenters. The maximum atomic E-state index is 13.9. The minimum absolute atomic E-state index is 0.00200. The molecule has 0 aromatic heterocycles. The largest absolute Gasteiger partial charge is 0.350 e. The van der Waals surface area contributed by atoms with Crippen molar-refractivity contribution in [1.82, 2.24) is 14.5 Å². The van der Waals surface area contributed by atoms with Gasteiger partial charge >= 0.3 is 0 Å². The molecule has 2 amide bonds. The summed E-state index contributed by atoms with van der Waals surface area (Å²) in [7, 11) is -4.34. The van der Waals surface area contributed by atoms with Crippen LogP contribution in [0.5, 0.6) is 0 Å². The van der Waals surface area contributed by atoms with E-state index >= 15 is 0 Å². The van der Waals surface area contributed by atoms with Crippen LogP contribution in [-0.2, 0) is 14.8 Å². The van der Waals surface area contributed by atoms with Gasteiger partial charge < -0.3 is 16.0 Å². The lowest BCUT2D eigenvalue weighted by Gasteiger charge is -2.42. The first-order valence-electron chi connectivity index (χ1n) is 11.8. The molecule has 1 saturated heterocycles. The number of benzene rings is 2. The lowest BCUT2D eigenvalue weighted by molar-refractivity contribution is -0.132. The Morgan fingerprint density at radius 1 is 0.946 bits per heavy atom. The molecule has 2 aromatic carbocycles. The van der Waals surface area contributed by atoms with Crippen molar-refractivity contribution in [2.75, 3.05) is 13.1 Å². The predicted molar refractivity (Wildman–Crippen MR) is 135 cm³/mol. The van der Waals surface area contributed by atoms with Crippen LogP contribution >= 0.6 is 23.2 Å². The highest BCUT2D eigenvalue weighted by Gasteiger charge is 2.45. The van der Waals surface area contributed by atoms with Crippen molar-refractivity contribution >= 4 is 45.0 Å². The van der Waals surface area contributed by atoms with Gasteiger partial charge in [0.1, 0.15) is 11.6 Å².